The van der Waals surface area contributed by atoms with Crippen LogP contribution in [0.2, 0.25) is 0 Å². The van der Waals surface area contributed by atoms with Gasteiger partial charge in [-0.15, -0.1) is 0 Å². The molecule has 0 aromatic heterocycles. The molecule has 0 amide bonds. The Hall–Kier alpha value is -4.83. The van der Waals surface area contributed by atoms with Gasteiger partial charge in [0, 0.05) is 5.56 Å². The number of esters is 3. The second-order valence-corrected chi connectivity index (χ2v) is 10.8. The highest BCUT2D eigenvalue weighted by Crippen LogP contribution is 2.39. The lowest BCUT2D eigenvalue weighted by molar-refractivity contribution is -0.348. The molecular weight excluding hydrogens is 576 g/mol. The fourth-order valence-corrected chi connectivity index (χ4v) is 5.45. The Morgan fingerprint density at radius 3 is 1.56 bits per heavy atom. The second kappa shape index (κ2) is 13.9. The summed E-state index contributed by atoms with van der Waals surface area (Å²) < 4.78 is 36.9. The minimum atomic E-state index is -1.21. The Kier molecular flexibility index (Phi) is 9.30. The van der Waals surface area contributed by atoms with Crippen molar-refractivity contribution in [2.75, 3.05) is 6.61 Å². The molecule has 45 heavy (non-hydrogen) atoms. The van der Waals surface area contributed by atoms with Crippen LogP contribution in [-0.4, -0.2) is 61.1 Å². The molecule has 4 aromatic rings. The van der Waals surface area contributed by atoms with Crippen LogP contribution < -0.4 is 0 Å². The fourth-order valence-electron chi connectivity index (χ4n) is 5.45. The number of benzene rings is 4. The summed E-state index contributed by atoms with van der Waals surface area (Å²) in [5.41, 5.74) is 1.70. The molecule has 2 saturated heterocycles. The van der Waals surface area contributed by atoms with Crippen LogP contribution in [0.4, 0.5) is 0 Å². The van der Waals surface area contributed by atoms with Gasteiger partial charge in [0.25, 0.3) is 0 Å². The Bertz CT molecular complexity index is 1580. The summed E-state index contributed by atoms with van der Waals surface area (Å²) in [7, 11) is 0. The molecule has 230 valence electrons. The van der Waals surface area contributed by atoms with E-state index in [1.165, 1.54) is 0 Å². The van der Waals surface area contributed by atoms with Gasteiger partial charge in [-0.2, -0.15) is 0 Å². The third-order valence-corrected chi connectivity index (χ3v) is 7.72. The number of hydrogen-bond donors (Lipinski definition) is 0. The Labute approximate surface area is 260 Å². The molecule has 2 aliphatic rings. The van der Waals surface area contributed by atoms with E-state index < -0.39 is 60.8 Å². The molecule has 9 heteroatoms. The fraction of sp³-hybridized carbons (Fsp3) is 0.250. The van der Waals surface area contributed by atoms with Crippen LogP contribution in [0.15, 0.2) is 121 Å². The van der Waals surface area contributed by atoms with Gasteiger partial charge >= 0.3 is 17.9 Å². The van der Waals surface area contributed by atoms with E-state index >= 15 is 0 Å². The summed E-state index contributed by atoms with van der Waals surface area (Å²) in [6.45, 7) is 1.54. The molecule has 2 fully saturated rings. The van der Waals surface area contributed by atoms with Gasteiger partial charge in [0.2, 0.25) is 0 Å². The minimum absolute atomic E-state index is 0.288. The van der Waals surface area contributed by atoms with Gasteiger partial charge in [0.15, 0.2) is 18.5 Å². The van der Waals surface area contributed by atoms with Crippen molar-refractivity contribution in [2.45, 2.75) is 49.8 Å². The maximum Gasteiger partial charge on any atom is 0.338 e. The highest BCUT2D eigenvalue weighted by molar-refractivity contribution is 5.91. The number of carbonyl (C=O) groups excluding carboxylic acids is 3. The van der Waals surface area contributed by atoms with Gasteiger partial charge in [-0.3, -0.25) is 0 Å². The molecule has 7 atom stereocenters. The van der Waals surface area contributed by atoms with E-state index in [0.29, 0.717) is 11.1 Å². The van der Waals surface area contributed by atoms with Crippen LogP contribution in [-0.2, 0) is 28.4 Å². The summed E-state index contributed by atoms with van der Waals surface area (Å²) in [5.74, 6) is -1.89. The maximum atomic E-state index is 13.5. The smallest absolute Gasteiger partial charge is 0.338 e. The average Bonchev–Trinajstić information content (AvgIpc) is 3.09. The van der Waals surface area contributed by atoms with Gasteiger partial charge in [-0.25, -0.2) is 14.4 Å². The third kappa shape index (κ3) is 6.96. The van der Waals surface area contributed by atoms with E-state index in [0.717, 1.165) is 5.56 Å². The van der Waals surface area contributed by atoms with Gasteiger partial charge in [-0.1, -0.05) is 84.9 Å². The van der Waals surface area contributed by atoms with Gasteiger partial charge in [0.05, 0.1) is 22.8 Å². The van der Waals surface area contributed by atoms with Crippen molar-refractivity contribution >= 4 is 17.9 Å². The highest BCUT2D eigenvalue weighted by Gasteiger charge is 2.56. The molecule has 0 bridgehead atoms. The van der Waals surface area contributed by atoms with E-state index in [2.05, 4.69) is 0 Å². The largest absolute Gasteiger partial charge is 0.459 e. The molecule has 0 unspecified atom stereocenters. The van der Waals surface area contributed by atoms with Gasteiger partial charge < -0.3 is 28.4 Å². The van der Waals surface area contributed by atoms with Gasteiger partial charge in [0.1, 0.15) is 24.9 Å². The van der Waals surface area contributed by atoms with E-state index in [-0.39, 0.29) is 12.2 Å². The van der Waals surface area contributed by atoms with Crippen molar-refractivity contribution in [3.8, 4) is 0 Å². The molecule has 9 nitrogen and oxygen atoms in total. The molecule has 2 aliphatic heterocycles. The average molecular weight is 609 g/mol. The molecule has 0 aliphatic carbocycles. The number of ether oxygens (including phenoxy) is 6. The Morgan fingerprint density at radius 1 is 0.556 bits per heavy atom. The van der Waals surface area contributed by atoms with Crippen molar-refractivity contribution in [1.82, 2.24) is 0 Å². The standard InChI is InChI=1S/C36H32O9/c1-23-29-31(45-36(41-23)27-20-12-5-13-21-27)32(44-35(39)26-18-10-4-11-19-26)30(43-34(38)25-16-8-3-9-17-25)28(42-29)22-40-33(37)24-14-6-2-7-15-24/h2-21,23,28-32,36H,22H2,1H3/t23-,28-,29-,30-,31+,32+,36-/m1/s1. The van der Waals surface area contributed by atoms with E-state index in [9.17, 15) is 14.4 Å². The molecule has 6 rings (SSSR count). The van der Waals surface area contributed by atoms with E-state index in [1.54, 1.807) is 91.0 Å². The molecule has 0 saturated carbocycles. The monoisotopic (exact) mass is 608 g/mol. The Morgan fingerprint density at radius 2 is 1.02 bits per heavy atom. The molecule has 2 heterocycles. The third-order valence-electron chi connectivity index (χ3n) is 7.72. The van der Waals surface area contributed by atoms with Crippen LogP contribution in [0.3, 0.4) is 0 Å². The zero-order valence-electron chi connectivity index (χ0n) is 24.5. The Balaban J connectivity index is 1.35. The topological polar surface area (TPSA) is 107 Å². The van der Waals surface area contributed by atoms with Crippen molar-refractivity contribution < 1.29 is 42.8 Å². The lowest BCUT2D eigenvalue weighted by Gasteiger charge is -2.50. The van der Waals surface area contributed by atoms with Crippen LogP contribution in [0.5, 0.6) is 0 Å². The maximum absolute atomic E-state index is 13.5. The molecule has 0 radical (unpaired) electrons. The molecular formula is C36H32O9. The predicted molar refractivity (Wildman–Crippen MR) is 161 cm³/mol. The number of hydrogen-bond acceptors (Lipinski definition) is 9. The summed E-state index contributed by atoms with van der Waals surface area (Å²) in [4.78, 5) is 39.9. The predicted octanol–water partition coefficient (Wildman–Crippen LogP) is 5.56. The number of fused-ring (bicyclic) bond motifs is 1. The first kappa shape index (κ1) is 30.2. The van der Waals surface area contributed by atoms with Crippen LogP contribution in [0.1, 0.15) is 49.9 Å². The van der Waals surface area contributed by atoms with Gasteiger partial charge in [-0.05, 0) is 43.3 Å². The summed E-state index contributed by atoms with van der Waals surface area (Å²) in [6, 6.07) is 34.8. The number of carbonyl (C=O) groups is 3. The quantitative estimate of drug-likeness (QED) is 0.188. The lowest BCUT2D eigenvalue weighted by Crippen LogP contribution is -2.66. The van der Waals surface area contributed by atoms with Crippen LogP contribution in [0, 0.1) is 0 Å². The summed E-state index contributed by atoms with van der Waals surface area (Å²) >= 11 is 0. The zero-order chi connectivity index (χ0) is 31.2. The first-order valence-electron chi connectivity index (χ1n) is 14.7. The lowest BCUT2D eigenvalue weighted by atomic mass is 9.90. The van der Waals surface area contributed by atoms with E-state index in [1.807, 2.05) is 37.3 Å². The molecule has 4 aromatic carbocycles. The van der Waals surface area contributed by atoms with Crippen molar-refractivity contribution in [2.24, 2.45) is 0 Å². The van der Waals surface area contributed by atoms with E-state index in [4.69, 9.17) is 28.4 Å². The highest BCUT2D eigenvalue weighted by atomic mass is 16.7. The van der Waals surface area contributed by atoms with Crippen molar-refractivity contribution in [3.63, 3.8) is 0 Å². The van der Waals surface area contributed by atoms with Crippen LogP contribution >= 0.6 is 0 Å². The van der Waals surface area contributed by atoms with Crippen molar-refractivity contribution in [3.05, 3.63) is 144 Å². The second-order valence-electron chi connectivity index (χ2n) is 10.8. The zero-order valence-corrected chi connectivity index (χ0v) is 24.5. The normalized spacial score (nSPS) is 25.8. The first-order valence-corrected chi connectivity index (χ1v) is 14.7. The summed E-state index contributed by atoms with van der Waals surface area (Å²) in [6.07, 6.45) is -6.39. The summed E-state index contributed by atoms with van der Waals surface area (Å²) in [5, 5.41) is 0. The molecule has 0 spiro atoms. The van der Waals surface area contributed by atoms with Crippen LogP contribution in [0.25, 0.3) is 0 Å². The minimum Gasteiger partial charge on any atom is -0.459 e. The SMILES string of the molecule is C[C@H]1O[C@@H](c2ccccc2)O[C@@H]2[C@@H](OC(=O)c3ccccc3)[C@H](OC(=O)c3ccccc3)[C@@H](COC(=O)c3ccccc3)O[C@@H]21. The molecule has 0 N–H and O–H groups in total. The number of rotatable bonds is 8. The van der Waals surface area contributed by atoms with Crippen molar-refractivity contribution in [1.29, 1.82) is 0 Å². The first-order chi connectivity index (χ1) is 22.0.